The second kappa shape index (κ2) is 4.83. The van der Waals surface area contributed by atoms with Crippen molar-refractivity contribution in [3.63, 3.8) is 0 Å². The quantitative estimate of drug-likeness (QED) is 0.805. The van der Waals surface area contributed by atoms with Gasteiger partial charge in [0.15, 0.2) is 18.1 Å². The van der Waals surface area contributed by atoms with Crippen molar-refractivity contribution in [2.45, 2.75) is 18.3 Å². The number of nitrogens with one attached hydrogen (secondary N) is 1. The number of carbonyl (C=O) groups is 1. The van der Waals surface area contributed by atoms with Crippen molar-refractivity contribution in [3.8, 4) is 11.5 Å². The first-order chi connectivity index (χ1) is 9.27. The molecule has 0 aromatic heterocycles. The Morgan fingerprint density at radius 1 is 1.14 bits per heavy atom. The summed E-state index contributed by atoms with van der Waals surface area (Å²) in [5.41, 5.74) is -0.0910. The van der Waals surface area contributed by atoms with Crippen LogP contribution in [0.5, 0.6) is 11.5 Å². The highest BCUT2D eigenvalue weighted by atomic mass is 35.5. The molecule has 116 valence electrons. The van der Waals surface area contributed by atoms with Crippen LogP contribution in [-0.2, 0) is 4.74 Å². The Morgan fingerprint density at radius 2 is 1.81 bits per heavy atom. The number of fused-ring (bicyclic) bond motifs is 1. The van der Waals surface area contributed by atoms with Gasteiger partial charge in [-0.05, 0) is 17.7 Å². The van der Waals surface area contributed by atoms with Crippen molar-refractivity contribution in [1.29, 1.82) is 0 Å². The maximum atomic E-state index is 13.7. The minimum absolute atomic E-state index is 0. The van der Waals surface area contributed by atoms with Crippen molar-refractivity contribution in [1.82, 2.24) is 5.32 Å². The van der Waals surface area contributed by atoms with Crippen LogP contribution in [0.3, 0.4) is 0 Å². The average Bonchev–Trinajstić information content (AvgIpc) is 2.65. The molecule has 0 bridgehead atoms. The smallest absolute Gasteiger partial charge is 0.443 e. The summed E-state index contributed by atoms with van der Waals surface area (Å²) in [4.78, 5) is 11.0. The Hall–Kier alpha value is -1.90. The molecule has 1 aromatic rings. The van der Waals surface area contributed by atoms with E-state index in [0.717, 1.165) is 18.2 Å². The molecule has 0 unspecified atom stereocenters. The lowest BCUT2D eigenvalue weighted by molar-refractivity contribution is -0.286. The molecule has 0 aliphatic carbocycles. The van der Waals surface area contributed by atoms with Gasteiger partial charge in [-0.3, -0.25) is 0 Å². The van der Waals surface area contributed by atoms with Gasteiger partial charge in [0, 0.05) is 0 Å². The van der Waals surface area contributed by atoms with Gasteiger partial charge in [0.2, 0.25) is 0 Å². The Balaban J connectivity index is 0.00000161. The predicted molar refractivity (Wildman–Crippen MR) is 62.1 cm³/mol. The van der Waals surface area contributed by atoms with Gasteiger partial charge in [-0.2, -0.15) is 0 Å². The number of cyclic esters (lactones) is 1. The fourth-order valence-electron chi connectivity index (χ4n) is 1.98. The molecule has 1 fully saturated rings. The molecule has 5 nitrogen and oxygen atoms in total. The van der Waals surface area contributed by atoms with Gasteiger partial charge in [-0.15, -0.1) is 21.2 Å². The van der Waals surface area contributed by atoms with Gasteiger partial charge in [0.25, 0.3) is 0 Å². The fraction of sp³-hybridized carbons (Fsp3) is 0.364. The summed E-state index contributed by atoms with van der Waals surface area (Å²) in [6.07, 6.45) is -4.84. The van der Waals surface area contributed by atoms with Gasteiger partial charge in [-0.25, -0.2) is 13.6 Å². The van der Waals surface area contributed by atoms with Crippen LogP contribution in [0.25, 0.3) is 0 Å². The van der Waals surface area contributed by atoms with E-state index in [9.17, 15) is 22.4 Å². The van der Waals surface area contributed by atoms with Crippen LogP contribution in [0.1, 0.15) is 11.6 Å². The second-order valence-corrected chi connectivity index (χ2v) is 4.29. The Bertz CT molecular complexity index is 583. The van der Waals surface area contributed by atoms with Crippen LogP contribution in [0.15, 0.2) is 18.2 Å². The number of carbonyl (C=O) groups excluding carboxylic acids is 1. The van der Waals surface area contributed by atoms with Crippen molar-refractivity contribution >= 4 is 18.5 Å². The molecule has 0 radical (unpaired) electrons. The third kappa shape index (κ3) is 2.78. The normalized spacial score (nSPS) is 24.6. The number of amides is 1. The van der Waals surface area contributed by atoms with Crippen LogP contribution < -0.4 is 14.8 Å². The van der Waals surface area contributed by atoms with Crippen molar-refractivity contribution in [2.24, 2.45) is 0 Å². The molecule has 0 spiro atoms. The van der Waals surface area contributed by atoms with E-state index in [1.807, 2.05) is 5.32 Å². The summed E-state index contributed by atoms with van der Waals surface area (Å²) in [6.45, 7) is -1.09. The predicted octanol–water partition coefficient (Wildman–Crippen LogP) is 2.85. The van der Waals surface area contributed by atoms with E-state index in [-0.39, 0.29) is 29.5 Å². The summed E-state index contributed by atoms with van der Waals surface area (Å²) in [6, 6.07) is 1.50. The minimum atomic E-state index is -3.83. The van der Waals surface area contributed by atoms with Crippen LogP contribution >= 0.6 is 12.4 Å². The highest BCUT2D eigenvalue weighted by molar-refractivity contribution is 5.85. The van der Waals surface area contributed by atoms with E-state index < -0.39 is 31.0 Å². The highest BCUT2D eigenvalue weighted by Gasteiger charge is 2.48. The molecule has 0 saturated carbocycles. The second-order valence-electron chi connectivity index (χ2n) is 4.29. The first-order valence-corrected chi connectivity index (χ1v) is 5.48. The van der Waals surface area contributed by atoms with Crippen LogP contribution in [0.2, 0.25) is 0 Å². The van der Waals surface area contributed by atoms with E-state index >= 15 is 0 Å². The molecule has 1 saturated heterocycles. The molecule has 2 heterocycles. The minimum Gasteiger partial charge on any atom is -0.443 e. The molecule has 10 heteroatoms. The third-order valence-corrected chi connectivity index (χ3v) is 2.84. The summed E-state index contributed by atoms with van der Waals surface area (Å²) in [5, 5.41) is 1.94. The number of hydrogen-bond acceptors (Lipinski definition) is 4. The van der Waals surface area contributed by atoms with Crippen molar-refractivity contribution < 1.29 is 36.6 Å². The number of halogens is 5. The first-order valence-electron chi connectivity index (χ1n) is 5.48. The van der Waals surface area contributed by atoms with Crippen LogP contribution in [0.4, 0.5) is 22.4 Å². The summed E-state index contributed by atoms with van der Waals surface area (Å²) >= 11 is 0. The monoisotopic (exact) mass is 329 g/mol. The zero-order valence-electron chi connectivity index (χ0n) is 10.1. The molecule has 1 aromatic carbocycles. The zero-order chi connectivity index (χ0) is 14.5. The lowest BCUT2D eigenvalue weighted by Gasteiger charge is -2.31. The standard InChI is InChI=1S/C11H7F4NO4.ClH/c12-10(13)4-18-9(17)16-8(10)5-1-2-6-7(3-5)20-11(14,15)19-6;/h1-3,8H,4H2,(H,16,17);1H/t8-;/m0./s1. The largest absolute Gasteiger partial charge is 0.586 e. The Kier molecular flexibility index (Phi) is 3.56. The number of rotatable bonds is 1. The summed E-state index contributed by atoms with van der Waals surface area (Å²) in [5.74, 6) is -4.01. The molecule has 2 aliphatic heterocycles. The maximum absolute atomic E-state index is 13.7. The maximum Gasteiger partial charge on any atom is 0.586 e. The van der Waals surface area contributed by atoms with Gasteiger partial charge in [0.05, 0.1) is 0 Å². The lowest BCUT2D eigenvalue weighted by Crippen LogP contribution is -2.49. The molecule has 21 heavy (non-hydrogen) atoms. The van der Waals surface area contributed by atoms with E-state index in [0.29, 0.717) is 0 Å². The number of hydrogen-bond donors (Lipinski definition) is 1. The Morgan fingerprint density at radius 3 is 2.52 bits per heavy atom. The van der Waals surface area contributed by atoms with Crippen LogP contribution in [-0.4, -0.2) is 24.9 Å². The zero-order valence-corrected chi connectivity index (χ0v) is 10.9. The number of alkyl carbamates (subject to hydrolysis) is 1. The lowest BCUT2D eigenvalue weighted by atomic mass is 9.99. The molecule has 1 N–H and O–H groups in total. The molecule has 3 rings (SSSR count). The van der Waals surface area contributed by atoms with E-state index in [1.165, 1.54) is 0 Å². The molecule has 2 aliphatic rings. The Labute approximate surface area is 121 Å². The number of ether oxygens (including phenoxy) is 3. The fourth-order valence-corrected chi connectivity index (χ4v) is 1.98. The molecular weight excluding hydrogens is 322 g/mol. The van der Waals surface area contributed by atoms with Gasteiger partial charge >= 0.3 is 18.3 Å². The average molecular weight is 330 g/mol. The van der Waals surface area contributed by atoms with Crippen molar-refractivity contribution in [3.05, 3.63) is 23.8 Å². The van der Waals surface area contributed by atoms with Gasteiger partial charge < -0.3 is 19.5 Å². The van der Waals surface area contributed by atoms with Crippen LogP contribution in [0, 0.1) is 0 Å². The third-order valence-electron chi connectivity index (χ3n) is 2.84. The number of alkyl halides is 4. The summed E-state index contributed by atoms with van der Waals surface area (Å²) < 4.78 is 65.6. The van der Waals surface area contributed by atoms with E-state index in [2.05, 4.69) is 14.2 Å². The first kappa shape index (κ1) is 15.5. The highest BCUT2D eigenvalue weighted by Crippen LogP contribution is 2.44. The van der Waals surface area contributed by atoms with Crippen molar-refractivity contribution in [2.75, 3.05) is 6.61 Å². The van der Waals surface area contributed by atoms with Gasteiger partial charge in [0.1, 0.15) is 6.04 Å². The molecular formula is C11H8ClF4NO4. The molecule has 1 amide bonds. The molecule has 1 atom stereocenters. The van der Waals surface area contributed by atoms with E-state index in [1.54, 1.807) is 0 Å². The van der Waals surface area contributed by atoms with Gasteiger partial charge in [-0.1, -0.05) is 6.07 Å². The topological polar surface area (TPSA) is 56.8 Å². The number of benzene rings is 1. The van der Waals surface area contributed by atoms with E-state index in [4.69, 9.17) is 0 Å². The summed E-state index contributed by atoms with van der Waals surface area (Å²) in [7, 11) is 0. The SMILES string of the molecule is Cl.O=C1N[C@@H](c2ccc3c(c2)OC(F)(F)O3)C(F)(F)CO1.